The van der Waals surface area contributed by atoms with Crippen LogP contribution in [-0.2, 0) is 11.3 Å². The van der Waals surface area contributed by atoms with E-state index in [1.165, 1.54) is 11.0 Å². The monoisotopic (exact) mass is 309 g/mol. The van der Waals surface area contributed by atoms with E-state index in [9.17, 15) is 14.3 Å². The van der Waals surface area contributed by atoms with Gasteiger partial charge in [-0.05, 0) is 30.5 Å². The minimum atomic E-state index is -0.862. The molecular weight excluding hydrogens is 289 g/mol. The first-order valence-electron chi connectivity index (χ1n) is 7.53. The maximum Gasteiger partial charge on any atom is 0.407 e. The van der Waals surface area contributed by atoms with Crippen molar-refractivity contribution in [1.29, 1.82) is 0 Å². The summed E-state index contributed by atoms with van der Waals surface area (Å²) in [6.45, 7) is 0.402. The molecule has 1 aromatic rings. The Hall–Kier alpha value is -1.82. The van der Waals surface area contributed by atoms with Gasteiger partial charge in [-0.15, -0.1) is 0 Å². The van der Waals surface area contributed by atoms with E-state index in [1.807, 2.05) is 0 Å². The highest BCUT2D eigenvalue weighted by Gasteiger charge is 2.44. The lowest BCUT2D eigenvalue weighted by atomic mass is 10.00. The minimum absolute atomic E-state index is 0.00790. The van der Waals surface area contributed by atoms with Crippen LogP contribution in [0, 0.1) is 5.82 Å². The van der Waals surface area contributed by atoms with Gasteiger partial charge >= 0.3 is 6.09 Å². The topological polar surface area (TPSA) is 59.0 Å². The molecule has 2 heterocycles. The zero-order valence-electron chi connectivity index (χ0n) is 12.5. The van der Waals surface area contributed by atoms with Crippen LogP contribution in [0.25, 0.3) is 0 Å². The van der Waals surface area contributed by atoms with Gasteiger partial charge < -0.3 is 19.5 Å². The van der Waals surface area contributed by atoms with Crippen LogP contribution in [0.2, 0.25) is 0 Å². The summed E-state index contributed by atoms with van der Waals surface area (Å²) in [5.41, 5.74) is 0.852. The molecule has 2 fully saturated rings. The summed E-state index contributed by atoms with van der Waals surface area (Å²) >= 11 is 0. The predicted molar refractivity (Wildman–Crippen MR) is 77.4 cm³/mol. The molecule has 2 aliphatic heterocycles. The van der Waals surface area contributed by atoms with Crippen molar-refractivity contribution in [3.05, 3.63) is 29.6 Å². The number of methoxy groups -OCH3 is 1. The molecule has 2 unspecified atom stereocenters. The van der Waals surface area contributed by atoms with Crippen LogP contribution in [0.3, 0.4) is 0 Å². The molecule has 0 aromatic heterocycles. The fourth-order valence-electron chi connectivity index (χ4n) is 3.61. The highest BCUT2D eigenvalue weighted by molar-refractivity contribution is 5.66. The zero-order chi connectivity index (χ0) is 15.7. The van der Waals surface area contributed by atoms with Crippen LogP contribution in [0.15, 0.2) is 18.2 Å². The first-order chi connectivity index (χ1) is 10.6. The number of hydrogen-bond acceptors (Lipinski definition) is 3. The van der Waals surface area contributed by atoms with Gasteiger partial charge in [0.1, 0.15) is 6.10 Å². The summed E-state index contributed by atoms with van der Waals surface area (Å²) in [7, 11) is 1.59. The van der Waals surface area contributed by atoms with Crippen molar-refractivity contribution in [3.63, 3.8) is 0 Å². The number of benzene rings is 1. The number of carboxylic acid groups (broad SMARTS) is 1. The fourth-order valence-corrected chi connectivity index (χ4v) is 3.61. The first kappa shape index (κ1) is 15.1. The van der Waals surface area contributed by atoms with Gasteiger partial charge in [-0.3, -0.25) is 0 Å². The van der Waals surface area contributed by atoms with Gasteiger partial charge in [0.2, 0.25) is 0 Å². The van der Waals surface area contributed by atoms with Gasteiger partial charge in [0.25, 0.3) is 0 Å². The smallest absolute Gasteiger partial charge is 0.407 e. The summed E-state index contributed by atoms with van der Waals surface area (Å²) in [6, 6.07) is 4.69. The first-order valence-corrected chi connectivity index (χ1v) is 7.53. The molecule has 0 aliphatic carbocycles. The van der Waals surface area contributed by atoms with Crippen LogP contribution in [0.4, 0.5) is 9.18 Å². The van der Waals surface area contributed by atoms with Gasteiger partial charge in [0.15, 0.2) is 11.6 Å². The summed E-state index contributed by atoms with van der Waals surface area (Å²) < 4.78 is 24.8. The molecule has 2 aliphatic rings. The predicted octanol–water partition coefficient (Wildman–Crippen LogP) is 3.02. The van der Waals surface area contributed by atoms with Crippen LogP contribution in [-0.4, -0.2) is 41.4 Å². The minimum Gasteiger partial charge on any atom is -0.487 e. The summed E-state index contributed by atoms with van der Waals surface area (Å²) in [6.07, 6.45) is 1.97. The third kappa shape index (κ3) is 2.88. The number of hydrogen-bond donors (Lipinski definition) is 1. The van der Waals surface area contributed by atoms with E-state index in [-0.39, 0.29) is 23.9 Å². The van der Waals surface area contributed by atoms with Crippen molar-refractivity contribution in [1.82, 2.24) is 4.90 Å². The largest absolute Gasteiger partial charge is 0.487 e. The Morgan fingerprint density at radius 2 is 2.05 bits per heavy atom. The van der Waals surface area contributed by atoms with E-state index in [0.29, 0.717) is 19.4 Å². The Labute approximate surface area is 128 Å². The normalized spacial score (nSPS) is 27.0. The molecule has 0 saturated carbocycles. The van der Waals surface area contributed by atoms with E-state index in [1.54, 1.807) is 19.2 Å². The molecule has 0 radical (unpaired) electrons. The average Bonchev–Trinajstić information content (AvgIpc) is 2.75. The van der Waals surface area contributed by atoms with Crippen molar-refractivity contribution in [2.75, 3.05) is 7.11 Å². The van der Waals surface area contributed by atoms with E-state index in [0.717, 1.165) is 18.4 Å². The molecule has 1 amide bonds. The van der Waals surface area contributed by atoms with Crippen LogP contribution < -0.4 is 4.74 Å². The number of halogens is 1. The molecule has 120 valence electrons. The van der Waals surface area contributed by atoms with E-state index in [2.05, 4.69) is 0 Å². The lowest BCUT2D eigenvalue weighted by Crippen LogP contribution is -2.48. The standard InChI is InChI=1S/C16H20FNO4/c1-21-9-10-2-5-14(17)15(6-10)22-13-7-11-3-4-12(8-13)18(11)16(19)20/h2,5-6,11-13H,3-4,7-9H2,1H3,(H,19,20). The number of amides is 1. The van der Waals surface area contributed by atoms with E-state index < -0.39 is 11.9 Å². The summed E-state index contributed by atoms with van der Waals surface area (Å²) in [5.74, 6) is -0.171. The molecule has 2 atom stereocenters. The third-order valence-electron chi connectivity index (χ3n) is 4.51. The highest BCUT2D eigenvalue weighted by atomic mass is 19.1. The van der Waals surface area contributed by atoms with Crippen molar-refractivity contribution < 1.29 is 23.8 Å². The molecule has 1 N–H and O–H groups in total. The number of carbonyl (C=O) groups is 1. The van der Waals surface area contributed by atoms with E-state index >= 15 is 0 Å². The number of piperidine rings is 1. The Kier molecular flexibility index (Phi) is 4.20. The van der Waals surface area contributed by atoms with Gasteiger partial charge in [-0.2, -0.15) is 0 Å². The molecule has 22 heavy (non-hydrogen) atoms. The molecule has 2 bridgehead atoms. The second-order valence-corrected chi connectivity index (χ2v) is 5.98. The van der Waals surface area contributed by atoms with Crippen molar-refractivity contribution in [3.8, 4) is 5.75 Å². The number of rotatable bonds is 4. The SMILES string of the molecule is COCc1ccc(F)c(OC2CC3CCC(C2)N3C(=O)O)c1. The van der Waals surface area contributed by atoms with Crippen molar-refractivity contribution in [2.24, 2.45) is 0 Å². The summed E-state index contributed by atoms with van der Waals surface area (Å²) in [4.78, 5) is 12.8. The van der Waals surface area contributed by atoms with E-state index in [4.69, 9.17) is 9.47 Å². The van der Waals surface area contributed by atoms with Crippen LogP contribution >= 0.6 is 0 Å². The lowest BCUT2D eigenvalue weighted by Gasteiger charge is -2.37. The second kappa shape index (κ2) is 6.12. The van der Waals surface area contributed by atoms with Crippen molar-refractivity contribution in [2.45, 2.75) is 50.5 Å². The van der Waals surface area contributed by atoms with Gasteiger partial charge in [0.05, 0.1) is 6.61 Å². The zero-order valence-corrected chi connectivity index (χ0v) is 12.5. The lowest BCUT2D eigenvalue weighted by molar-refractivity contribution is 0.0478. The maximum absolute atomic E-state index is 13.9. The molecule has 6 heteroatoms. The number of ether oxygens (including phenoxy) is 2. The Morgan fingerprint density at radius 3 is 2.64 bits per heavy atom. The quantitative estimate of drug-likeness (QED) is 0.929. The molecule has 2 saturated heterocycles. The van der Waals surface area contributed by atoms with Crippen molar-refractivity contribution >= 4 is 6.09 Å². The maximum atomic E-state index is 13.9. The molecule has 3 rings (SSSR count). The Balaban J connectivity index is 1.70. The molecule has 5 nitrogen and oxygen atoms in total. The molecule has 1 aromatic carbocycles. The highest BCUT2D eigenvalue weighted by Crippen LogP contribution is 2.37. The van der Waals surface area contributed by atoms with Crippen LogP contribution in [0.1, 0.15) is 31.2 Å². The Bertz CT molecular complexity index is 551. The summed E-state index contributed by atoms with van der Waals surface area (Å²) in [5, 5.41) is 9.25. The number of nitrogens with zero attached hydrogens (tertiary/aromatic N) is 1. The van der Waals surface area contributed by atoms with Gasteiger partial charge in [0, 0.05) is 32.0 Å². The second-order valence-electron chi connectivity index (χ2n) is 5.98. The van der Waals surface area contributed by atoms with Crippen LogP contribution in [0.5, 0.6) is 5.75 Å². The van der Waals surface area contributed by atoms with Gasteiger partial charge in [-0.1, -0.05) is 6.07 Å². The molecular formula is C16H20FNO4. The fraction of sp³-hybridized carbons (Fsp3) is 0.562. The Morgan fingerprint density at radius 1 is 1.36 bits per heavy atom. The number of fused-ring (bicyclic) bond motifs is 2. The molecule has 0 spiro atoms. The van der Waals surface area contributed by atoms with Gasteiger partial charge in [-0.25, -0.2) is 9.18 Å². The third-order valence-corrected chi connectivity index (χ3v) is 4.51. The average molecular weight is 309 g/mol.